The number of rotatable bonds is 5. The second kappa shape index (κ2) is 7.26. The fourth-order valence-corrected chi connectivity index (χ4v) is 4.80. The van der Waals surface area contributed by atoms with Crippen LogP contribution in [0, 0.1) is 13.8 Å². The maximum absolute atomic E-state index is 12.3. The van der Waals surface area contributed by atoms with Crippen molar-refractivity contribution >= 4 is 43.5 Å². The van der Waals surface area contributed by atoms with Crippen LogP contribution >= 0.6 is 22.7 Å². The third-order valence-corrected chi connectivity index (χ3v) is 6.54. The van der Waals surface area contributed by atoms with Gasteiger partial charge in [-0.25, -0.2) is 18.4 Å². The third kappa shape index (κ3) is 4.35. The minimum absolute atomic E-state index is 0.0803. The molecule has 0 atom stereocenters. The van der Waals surface area contributed by atoms with Gasteiger partial charge in [-0.2, -0.15) is 0 Å². The third-order valence-electron chi connectivity index (χ3n) is 3.58. The smallest absolute Gasteiger partial charge is 0.230 e. The molecule has 0 bridgehead atoms. The monoisotopic (exact) mass is 407 g/mol. The molecule has 0 saturated carbocycles. The van der Waals surface area contributed by atoms with Crippen molar-refractivity contribution < 1.29 is 13.2 Å². The lowest BCUT2D eigenvalue weighted by molar-refractivity contribution is -0.115. The molecule has 0 radical (unpaired) electrons. The Labute approximate surface area is 159 Å². The second-order valence-corrected chi connectivity index (χ2v) is 9.91. The van der Waals surface area contributed by atoms with Crippen molar-refractivity contribution in [1.82, 2.24) is 9.97 Å². The highest BCUT2D eigenvalue weighted by atomic mass is 32.2. The molecule has 2 aromatic heterocycles. The molecule has 9 heteroatoms. The first-order valence-electron chi connectivity index (χ1n) is 7.71. The number of anilines is 1. The van der Waals surface area contributed by atoms with E-state index in [1.54, 1.807) is 23.5 Å². The quantitative estimate of drug-likeness (QED) is 0.699. The van der Waals surface area contributed by atoms with Gasteiger partial charge in [0, 0.05) is 11.6 Å². The first kappa shape index (κ1) is 18.7. The van der Waals surface area contributed by atoms with Crippen molar-refractivity contribution in [2.75, 3.05) is 11.6 Å². The molecule has 136 valence electrons. The molecule has 1 aromatic carbocycles. The van der Waals surface area contributed by atoms with E-state index >= 15 is 0 Å². The Morgan fingerprint density at radius 2 is 2.00 bits per heavy atom. The number of carbonyl (C=O) groups is 1. The zero-order valence-corrected chi connectivity index (χ0v) is 16.9. The van der Waals surface area contributed by atoms with E-state index in [1.165, 1.54) is 23.5 Å². The van der Waals surface area contributed by atoms with Gasteiger partial charge in [-0.1, -0.05) is 12.1 Å². The Morgan fingerprint density at radius 3 is 2.65 bits per heavy atom. The van der Waals surface area contributed by atoms with Crippen LogP contribution in [0.5, 0.6) is 0 Å². The van der Waals surface area contributed by atoms with Crippen molar-refractivity contribution in [3.63, 3.8) is 0 Å². The van der Waals surface area contributed by atoms with Crippen molar-refractivity contribution in [2.24, 2.45) is 0 Å². The largest absolute Gasteiger partial charge is 0.302 e. The minimum Gasteiger partial charge on any atom is -0.302 e. The predicted octanol–water partition coefficient (Wildman–Crippen LogP) is 3.47. The number of hydrogen-bond acceptors (Lipinski definition) is 7. The molecule has 0 unspecified atom stereocenters. The summed E-state index contributed by atoms with van der Waals surface area (Å²) >= 11 is 2.92. The van der Waals surface area contributed by atoms with Crippen LogP contribution in [-0.2, 0) is 21.1 Å². The Hall–Kier alpha value is -2.10. The minimum atomic E-state index is -3.30. The zero-order chi connectivity index (χ0) is 18.9. The van der Waals surface area contributed by atoms with E-state index in [0.29, 0.717) is 10.7 Å². The summed E-state index contributed by atoms with van der Waals surface area (Å²) in [5, 5.41) is 6.14. The van der Waals surface area contributed by atoms with Gasteiger partial charge in [-0.05, 0) is 31.5 Å². The highest BCUT2D eigenvalue weighted by Gasteiger charge is 2.14. The summed E-state index contributed by atoms with van der Waals surface area (Å²) in [5.41, 5.74) is 2.36. The van der Waals surface area contributed by atoms with Crippen LogP contribution < -0.4 is 5.32 Å². The number of sulfone groups is 1. The van der Waals surface area contributed by atoms with E-state index in [0.717, 1.165) is 27.5 Å². The van der Waals surface area contributed by atoms with E-state index in [4.69, 9.17) is 0 Å². The Balaban J connectivity index is 1.71. The van der Waals surface area contributed by atoms with Gasteiger partial charge in [-0.3, -0.25) is 4.79 Å². The number of amides is 1. The molecule has 0 fully saturated rings. The van der Waals surface area contributed by atoms with Crippen LogP contribution in [0.15, 0.2) is 34.5 Å². The van der Waals surface area contributed by atoms with Crippen LogP contribution in [-0.4, -0.2) is 30.5 Å². The molecule has 1 amide bonds. The second-order valence-electron chi connectivity index (χ2n) is 5.83. The fourth-order valence-electron chi connectivity index (χ4n) is 2.44. The Morgan fingerprint density at radius 1 is 1.23 bits per heavy atom. The number of aromatic nitrogens is 2. The lowest BCUT2D eigenvalue weighted by Gasteiger charge is -2.04. The van der Waals surface area contributed by atoms with E-state index in [2.05, 4.69) is 15.3 Å². The van der Waals surface area contributed by atoms with Gasteiger partial charge in [-0.15, -0.1) is 22.7 Å². The summed E-state index contributed by atoms with van der Waals surface area (Å²) in [6.07, 6.45) is 1.23. The predicted molar refractivity (Wildman–Crippen MR) is 105 cm³/mol. The van der Waals surface area contributed by atoms with Crippen molar-refractivity contribution in [3.05, 3.63) is 45.9 Å². The topological polar surface area (TPSA) is 89.0 Å². The van der Waals surface area contributed by atoms with Crippen LogP contribution in [0.4, 0.5) is 5.13 Å². The van der Waals surface area contributed by atoms with E-state index < -0.39 is 9.84 Å². The number of thiazole rings is 2. The van der Waals surface area contributed by atoms with Gasteiger partial charge in [0.05, 0.1) is 32.6 Å². The van der Waals surface area contributed by atoms with Crippen molar-refractivity contribution in [2.45, 2.75) is 25.2 Å². The molecule has 0 saturated heterocycles. The summed E-state index contributed by atoms with van der Waals surface area (Å²) in [5.74, 6) is -0.242. The van der Waals surface area contributed by atoms with Crippen LogP contribution in [0.3, 0.4) is 0 Å². The lowest BCUT2D eigenvalue weighted by atomic mass is 10.1. The number of hydrogen-bond donors (Lipinski definition) is 1. The van der Waals surface area contributed by atoms with Gasteiger partial charge < -0.3 is 5.32 Å². The number of nitrogens with one attached hydrogen (secondary N) is 1. The maximum Gasteiger partial charge on any atom is 0.230 e. The molecule has 0 aliphatic heterocycles. The van der Waals surface area contributed by atoms with E-state index in [1.807, 2.05) is 19.2 Å². The van der Waals surface area contributed by atoms with Gasteiger partial charge in [0.2, 0.25) is 5.91 Å². The van der Waals surface area contributed by atoms with Crippen molar-refractivity contribution in [3.8, 4) is 10.6 Å². The lowest BCUT2D eigenvalue weighted by Crippen LogP contribution is -2.14. The molecule has 1 N–H and O–H groups in total. The van der Waals surface area contributed by atoms with Gasteiger partial charge in [0.15, 0.2) is 15.0 Å². The molecule has 2 heterocycles. The zero-order valence-electron chi connectivity index (χ0n) is 14.4. The molecule has 3 aromatic rings. The standard InChI is InChI=1S/C17H17N3O3S3/c1-10-16(25-11(2)18-10)14-9-24-17(19-14)20-15(21)8-12-5-4-6-13(7-12)26(3,22)23/h4-7,9H,8H2,1-3H3,(H,19,20,21). The SMILES string of the molecule is Cc1nc(C)c(-c2csc(NC(=O)Cc3cccc(S(C)(=O)=O)c3)n2)s1. The average molecular weight is 408 g/mol. The summed E-state index contributed by atoms with van der Waals surface area (Å²) in [6.45, 7) is 3.88. The molecule has 0 aliphatic carbocycles. The highest BCUT2D eigenvalue weighted by Crippen LogP contribution is 2.32. The first-order valence-corrected chi connectivity index (χ1v) is 11.3. The normalized spacial score (nSPS) is 11.5. The number of nitrogens with zero attached hydrogens (tertiary/aromatic N) is 2. The number of carbonyl (C=O) groups excluding carboxylic acids is 1. The maximum atomic E-state index is 12.3. The van der Waals surface area contributed by atoms with Gasteiger partial charge in [0.1, 0.15) is 0 Å². The molecule has 26 heavy (non-hydrogen) atoms. The van der Waals surface area contributed by atoms with Crippen LogP contribution in [0.2, 0.25) is 0 Å². The molecular formula is C17H17N3O3S3. The van der Waals surface area contributed by atoms with Crippen LogP contribution in [0.1, 0.15) is 16.3 Å². The number of benzene rings is 1. The summed E-state index contributed by atoms with van der Waals surface area (Å²) in [4.78, 5) is 22.3. The molecule has 6 nitrogen and oxygen atoms in total. The summed E-state index contributed by atoms with van der Waals surface area (Å²) in [7, 11) is -3.30. The van der Waals surface area contributed by atoms with E-state index in [9.17, 15) is 13.2 Å². The molecular weight excluding hydrogens is 390 g/mol. The molecule has 3 rings (SSSR count). The van der Waals surface area contributed by atoms with Crippen molar-refractivity contribution in [1.29, 1.82) is 0 Å². The first-order chi connectivity index (χ1) is 12.2. The Kier molecular flexibility index (Phi) is 5.22. The number of aryl methyl sites for hydroxylation is 2. The highest BCUT2D eigenvalue weighted by molar-refractivity contribution is 7.90. The average Bonchev–Trinajstić information content (AvgIpc) is 3.12. The fraction of sp³-hybridized carbons (Fsp3) is 0.235. The van der Waals surface area contributed by atoms with Crippen LogP contribution in [0.25, 0.3) is 10.6 Å². The molecule has 0 spiro atoms. The Bertz CT molecular complexity index is 1070. The summed E-state index contributed by atoms with van der Waals surface area (Å²) < 4.78 is 23.2. The van der Waals surface area contributed by atoms with Gasteiger partial charge >= 0.3 is 0 Å². The van der Waals surface area contributed by atoms with E-state index in [-0.39, 0.29) is 17.2 Å². The van der Waals surface area contributed by atoms with Gasteiger partial charge in [0.25, 0.3) is 0 Å². The summed E-state index contributed by atoms with van der Waals surface area (Å²) in [6, 6.07) is 6.40. The molecule has 0 aliphatic rings.